The van der Waals surface area contributed by atoms with E-state index in [1.54, 1.807) is 0 Å². The standard InChI is InChI=1S/C32H36O12/c1-15-18(43-22-8-3-4-11-41-22)9-10-23(42-15)44-20-13-32(39,21(34)14-33)12-17-25(20)31(38)27-26(29(17)36)28(35)16-6-5-7-19(40-2)24(16)30(27)37/h5-7,15,18,20,22-23,33,36,38-39H,3-4,8-14H2,1-2H3/t15-,18-,20-,22?,23?,32-/m0/s1. The lowest BCUT2D eigenvalue weighted by Crippen LogP contribution is -2.48. The van der Waals surface area contributed by atoms with Gasteiger partial charge in [-0.15, -0.1) is 0 Å². The summed E-state index contributed by atoms with van der Waals surface area (Å²) in [6.45, 7) is 1.49. The molecule has 0 radical (unpaired) electrons. The van der Waals surface area contributed by atoms with Gasteiger partial charge < -0.3 is 44.1 Å². The van der Waals surface area contributed by atoms with Crippen LogP contribution in [-0.2, 0) is 30.2 Å². The summed E-state index contributed by atoms with van der Waals surface area (Å²) in [4.78, 5) is 40.2. The molecule has 0 spiro atoms. The first-order valence-corrected chi connectivity index (χ1v) is 14.9. The molecule has 0 amide bonds. The van der Waals surface area contributed by atoms with Crippen molar-refractivity contribution < 1.29 is 58.5 Å². The third-order valence-corrected chi connectivity index (χ3v) is 9.10. The van der Waals surface area contributed by atoms with Gasteiger partial charge in [-0.1, -0.05) is 12.1 Å². The topological polar surface area (TPSA) is 178 Å². The van der Waals surface area contributed by atoms with E-state index in [0.29, 0.717) is 19.4 Å². The van der Waals surface area contributed by atoms with Crippen molar-refractivity contribution in [3.63, 3.8) is 0 Å². The van der Waals surface area contributed by atoms with E-state index < -0.39 is 83.5 Å². The number of carbonyl (C=O) groups is 3. The summed E-state index contributed by atoms with van der Waals surface area (Å²) in [5.41, 5.74) is -3.32. The molecule has 2 unspecified atom stereocenters. The molecule has 2 aromatic rings. The molecule has 2 aromatic carbocycles. The number of Topliss-reactive ketones (excluding diaryl/α,β-unsaturated/α-hetero) is 1. The molecule has 0 aromatic heterocycles. The highest BCUT2D eigenvalue weighted by Crippen LogP contribution is 2.52. The van der Waals surface area contributed by atoms with Gasteiger partial charge in [-0.3, -0.25) is 14.4 Å². The van der Waals surface area contributed by atoms with Gasteiger partial charge in [-0.05, 0) is 38.7 Å². The maximum absolute atomic E-state index is 13.8. The highest BCUT2D eigenvalue weighted by molar-refractivity contribution is 6.31. The number of methoxy groups -OCH3 is 1. The first-order valence-electron chi connectivity index (χ1n) is 14.9. The first kappa shape index (κ1) is 30.6. The minimum atomic E-state index is -2.20. The number of carbonyl (C=O) groups excluding carboxylic acids is 3. The van der Waals surface area contributed by atoms with Crippen molar-refractivity contribution in [2.75, 3.05) is 20.3 Å². The lowest BCUT2D eigenvalue weighted by Gasteiger charge is -2.42. The predicted octanol–water partition coefficient (Wildman–Crippen LogP) is 2.62. The van der Waals surface area contributed by atoms with Gasteiger partial charge in [0.15, 0.2) is 24.1 Å². The summed E-state index contributed by atoms with van der Waals surface area (Å²) in [7, 11) is 1.35. The zero-order valence-electron chi connectivity index (χ0n) is 24.5. The number of hydrogen-bond donors (Lipinski definition) is 4. The highest BCUT2D eigenvalue weighted by Gasteiger charge is 2.50. The zero-order chi connectivity index (χ0) is 31.3. The van der Waals surface area contributed by atoms with Gasteiger partial charge in [0.25, 0.3) is 0 Å². The van der Waals surface area contributed by atoms with Crippen LogP contribution in [0.15, 0.2) is 18.2 Å². The van der Waals surface area contributed by atoms with Crippen LogP contribution in [0.2, 0.25) is 0 Å². The van der Waals surface area contributed by atoms with E-state index >= 15 is 0 Å². The number of ether oxygens (including phenoxy) is 5. The summed E-state index contributed by atoms with van der Waals surface area (Å²) < 4.78 is 29.5. The normalized spacial score (nSPS) is 29.9. The van der Waals surface area contributed by atoms with Gasteiger partial charge in [0.2, 0.25) is 5.78 Å². The smallest absolute Gasteiger partial charge is 0.202 e. The van der Waals surface area contributed by atoms with Crippen molar-refractivity contribution >= 4 is 17.3 Å². The number of fused-ring (bicyclic) bond motifs is 3. The van der Waals surface area contributed by atoms with Crippen molar-refractivity contribution in [3.8, 4) is 17.2 Å². The third kappa shape index (κ3) is 5.09. The van der Waals surface area contributed by atoms with Gasteiger partial charge in [-0.25, -0.2) is 0 Å². The second kappa shape index (κ2) is 11.8. The van der Waals surface area contributed by atoms with E-state index in [9.17, 15) is 34.8 Å². The minimum Gasteiger partial charge on any atom is -0.507 e. The van der Waals surface area contributed by atoms with Crippen LogP contribution >= 0.6 is 0 Å². The molecule has 2 heterocycles. The molecule has 236 valence electrons. The lowest BCUT2D eigenvalue weighted by molar-refractivity contribution is -0.276. The SMILES string of the molecule is COc1cccc2c1C(=O)c1c(O)c3c(c(O)c1C2=O)C[C@@](O)(C(=O)CO)C[C@@H]3OC1CC[C@H](OC2CCCCO2)[C@H](C)O1. The quantitative estimate of drug-likeness (QED) is 0.287. The van der Waals surface area contributed by atoms with E-state index in [1.807, 2.05) is 6.92 Å². The van der Waals surface area contributed by atoms with E-state index in [0.717, 1.165) is 19.3 Å². The number of benzene rings is 2. The molecule has 12 nitrogen and oxygen atoms in total. The van der Waals surface area contributed by atoms with Crippen molar-refractivity contribution in [3.05, 3.63) is 51.6 Å². The Hall–Kier alpha value is -3.39. The Bertz CT molecular complexity index is 1490. The van der Waals surface area contributed by atoms with Crippen LogP contribution in [0.5, 0.6) is 17.2 Å². The number of aliphatic hydroxyl groups is 2. The number of rotatable bonds is 7. The van der Waals surface area contributed by atoms with Crippen molar-refractivity contribution in [2.24, 2.45) is 0 Å². The Morgan fingerprint density at radius 1 is 1.00 bits per heavy atom. The Balaban J connectivity index is 1.36. The molecular weight excluding hydrogens is 576 g/mol. The van der Waals surface area contributed by atoms with Gasteiger partial charge in [-0.2, -0.15) is 0 Å². The second-order valence-electron chi connectivity index (χ2n) is 11.8. The molecule has 4 aliphatic rings. The van der Waals surface area contributed by atoms with Crippen LogP contribution in [-0.4, -0.2) is 88.5 Å². The van der Waals surface area contributed by atoms with Gasteiger partial charge >= 0.3 is 0 Å². The van der Waals surface area contributed by atoms with Gasteiger partial charge in [0, 0.05) is 42.6 Å². The molecule has 12 heteroatoms. The van der Waals surface area contributed by atoms with Crippen LogP contribution in [0.1, 0.15) is 94.5 Å². The molecule has 4 N–H and O–H groups in total. The molecular formula is C32H36O12. The predicted molar refractivity (Wildman–Crippen MR) is 151 cm³/mol. The molecule has 2 fully saturated rings. The van der Waals surface area contributed by atoms with E-state index in [-0.39, 0.29) is 40.4 Å². The first-order chi connectivity index (χ1) is 21.1. The fourth-order valence-corrected chi connectivity index (χ4v) is 6.80. The van der Waals surface area contributed by atoms with Crippen LogP contribution in [0.3, 0.4) is 0 Å². The fourth-order valence-electron chi connectivity index (χ4n) is 6.80. The third-order valence-electron chi connectivity index (χ3n) is 9.10. The Kier molecular flexibility index (Phi) is 8.24. The fraction of sp³-hybridized carbons (Fsp3) is 0.531. The molecule has 2 aliphatic heterocycles. The van der Waals surface area contributed by atoms with Crippen LogP contribution < -0.4 is 4.74 Å². The van der Waals surface area contributed by atoms with E-state index in [4.69, 9.17) is 23.7 Å². The Morgan fingerprint density at radius 3 is 2.45 bits per heavy atom. The monoisotopic (exact) mass is 612 g/mol. The molecule has 44 heavy (non-hydrogen) atoms. The minimum absolute atomic E-state index is 0.0261. The van der Waals surface area contributed by atoms with E-state index in [2.05, 4.69) is 0 Å². The molecule has 2 saturated heterocycles. The summed E-state index contributed by atoms with van der Waals surface area (Å²) in [5.74, 6) is -3.53. The molecule has 0 bridgehead atoms. The summed E-state index contributed by atoms with van der Waals surface area (Å²) in [5, 5.41) is 44.1. The number of aliphatic hydroxyl groups excluding tert-OH is 1. The molecule has 0 saturated carbocycles. The Labute approximate surface area is 253 Å². The summed E-state index contributed by atoms with van der Waals surface area (Å²) >= 11 is 0. The van der Waals surface area contributed by atoms with Crippen molar-refractivity contribution in [2.45, 2.75) is 88.4 Å². The average Bonchev–Trinajstić information content (AvgIpc) is 3.02. The maximum Gasteiger partial charge on any atom is 0.202 e. The Morgan fingerprint density at radius 2 is 1.77 bits per heavy atom. The zero-order valence-corrected chi connectivity index (χ0v) is 24.5. The van der Waals surface area contributed by atoms with Crippen molar-refractivity contribution in [1.82, 2.24) is 0 Å². The largest absolute Gasteiger partial charge is 0.507 e. The number of phenols is 2. The maximum atomic E-state index is 13.8. The van der Waals surface area contributed by atoms with E-state index in [1.165, 1.54) is 25.3 Å². The summed E-state index contributed by atoms with van der Waals surface area (Å²) in [6, 6.07) is 4.44. The highest BCUT2D eigenvalue weighted by atomic mass is 16.7. The summed E-state index contributed by atoms with van der Waals surface area (Å²) in [6.07, 6.45) is -0.311. The molecule has 6 rings (SSSR count). The van der Waals surface area contributed by atoms with Crippen LogP contribution in [0, 0.1) is 0 Å². The lowest BCUT2D eigenvalue weighted by atomic mass is 9.72. The number of ketones is 3. The molecule has 2 aliphatic carbocycles. The number of aromatic hydroxyl groups is 2. The number of hydrogen-bond acceptors (Lipinski definition) is 12. The van der Waals surface area contributed by atoms with Crippen molar-refractivity contribution in [1.29, 1.82) is 0 Å². The van der Waals surface area contributed by atoms with Gasteiger partial charge in [0.05, 0.1) is 42.1 Å². The van der Waals surface area contributed by atoms with Crippen LogP contribution in [0.4, 0.5) is 0 Å². The second-order valence-corrected chi connectivity index (χ2v) is 11.8. The van der Waals surface area contributed by atoms with Crippen LogP contribution in [0.25, 0.3) is 0 Å². The average molecular weight is 613 g/mol. The number of phenolic OH excluding ortho intramolecular Hbond substituents is 2. The molecule has 6 atom stereocenters. The van der Waals surface area contributed by atoms with Gasteiger partial charge in [0.1, 0.15) is 29.5 Å².